The number of benzene rings is 1. The van der Waals surface area contributed by atoms with Crippen LogP contribution in [0.5, 0.6) is 5.75 Å². The normalized spacial score (nSPS) is 15.4. The standard InChI is InChI=1S/C28H33N3O3S/c1-30(2)26-20-29-25-11-10-21(34-3)19-24(25)23(26)9-4-12-28(27(32)33)13-16-31(17-14-28)15-5-7-22-8-6-18-35-22/h6,8,10-11,18-20H,4,9,12-17H2,1-3H3,(H,32,33). The minimum absolute atomic E-state index is 0.661. The van der Waals surface area contributed by atoms with E-state index in [1.165, 1.54) is 5.56 Å². The number of nitrogens with zero attached hydrogens (tertiary/aromatic N) is 3. The fourth-order valence-corrected chi connectivity index (χ4v) is 5.48. The first-order valence-corrected chi connectivity index (χ1v) is 12.9. The number of aryl methyl sites for hydroxylation is 1. The van der Waals surface area contributed by atoms with Crippen LogP contribution < -0.4 is 9.64 Å². The third-order valence-electron chi connectivity index (χ3n) is 7.03. The molecular weight excluding hydrogens is 458 g/mol. The molecule has 3 heterocycles. The highest BCUT2D eigenvalue weighted by Crippen LogP contribution is 2.38. The lowest BCUT2D eigenvalue weighted by atomic mass is 9.74. The van der Waals surface area contributed by atoms with E-state index in [2.05, 4.69) is 26.6 Å². The van der Waals surface area contributed by atoms with Gasteiger partial charge in [0.2, 0.25) is 0 Å². The molecule has 0 bridgehead atoms. The van der Waals surface area contributed by atoms with Crippen molar-refractivity contribution >= 4 is 33.9 Å². The summed E-state index contributed by atoms with van der Waals surface area (Å²) < 4.78 is 5.45. The Labute approximate surface area is 211 Å². The number of piperidine rings is 1. The van der Waals surface area contributed by atoms with Crippen LogP contribution in [0.3, 0.4) is 0 Å². The van der Waals surface area contributed by atoms with E-state index in [4.69, 9.17) is 4.74 Å². The topological polar surface area (TPSA) is 65.9 Å². The van der Waals surface area contributed by atoms with Crippen LogP contribution in [0.1, 0.15) is 36.1 Å². The molecule has 1 N–H and O–H groups in total. The summed E-state index contributed by atoms with van der Waals surface area (Å²) in [6.07, 6.45) is 5.50. The Balaban J connectivity index is 1.43. The predicted molar refractivity (Wildman–Crippen MR) is 142 cm³/mol. The molecule has 2 aromatic heterocycles. The summed E-state index contributed by atoms with van der Waals surface area (Å²) in [5.74, 6) is 6.57. The van der Waals surface area contributed by atoms with Crippen LogP contribution in [-0.4, -0.2) is 61.8 Å². The Bertz CT molecular complexity index is 1220. The highest BCUT2D eigenvalue weighted by atomic mass is 32.1. The third kappa shape index (κ3) is 5.77. The number of hydrogen-bond donors (Lipinski definition) is 1. The van der Waals surface area contributed by atoms with Crippen molar-refractivity contribution in [2.24, 2.45) is 5.41 Å². The molecule has 7 heteroatoms. The van der Waals surface area contributed by atoms with Crippen molar-refractivity contribution in [3.63, 3.8) is 0 Å². The minimum Gasteiger partial charge on any atom is -0.497 e. The first kappa shape index (κ1) is 25.0. The van der Waals surface area contributed by atoms with E-state index < -0.39 is 11.4 Å². The van der Waals surface area contributed by atoms with Gasteiger partial charge in [0.05, 0.1) is 41.3 Å². The zero-order chi connectivity index (χ0) is 24.8. The van der Waals surface area contributed by atoms with Gasteiger partial charge in [-0.15, -0.1) is 11.3 Å². The van der Waals surface area contributed by atoms with Gasteiger partial charge < -0.3 is 14.7 Å². The van der Waals surface area contributed by atoms with Crippen LogP contribution >= 0.6 is 11.3 Å². The Morgan fingerprint density at radius 3 is 2.74 bits per heavy atom. The molecule has 1 aliphatic heterocycles. The first-order chi connectivity index (χ1) is 16.9. The van der Waals surface area contributed by atoms with Crippen LogP contribution in [0.2, 0.25) is 0 Å². The number of rotatable bonds is 8. The number of hydrogen-bond acceptors (Lipinski definition) is 6. The second-order valence-corrected chi connectivity index (χ2v) is 10.3. The number of aliphatic carboxylic acids is 1. The zero-order valence-electron chi connectivity index (χ0n) is 20.7. The summed E-state index contributed by atoms with van der Waals surface area (Å²) in [7, 11) is 5.70. The van der Waals surface area contributed by atoms with Gasteiger partial charge in [-0.1, -0.05) is 17.9 Å². The summed E-state index contributed by atoms with van der Waals surface area (Å²) in [5.41, 5.74) is 2.52. The Morgan fingerprint density at radius 1 is 1.29 bits per heavy atom. The molecule has 0 radical (unpaired) electrons. The second kappa shape index (κ2) is 11.1. The van der Waals surface area contributed by atoms with Crippen LogP contribution in [0.4, 0.5) is 5.69 Å². The monoisotopic (exact) mass is 491 g/mol. The largest absolute Gasteiger partial charge is 0.497 e. The molecule has 3 aromatic rings. The Morgan fingerprint density at radius 2 is 2.09 bits per heavy atom. The lowest BCUT2D eigenvalue weighted by molar-refractivity contribution is -0.152. The van der Waals surface area contributed by atoms with E-state index in [-0.39, 0.29) is 0 Å². The van der Waals surface area contributed by atoms with Gasteiger partial charge in [-0.2, -0.15) is 0 Å². The number of pyridine rings is 1. The molecule has 0 amide bonds. The lowest BCUT2D eigenvalue weighted by Gasteiger charge is -2.38. The fourth-order valence-electron chi connectivity index (χ4n) is 4.89. The highest BCUT2D eigenvalue weighted by Gasteiger charge is 2.40. The van der Waals surface area contributed by atoms with Gasteiger partial charge in [0.25, 0.3) is 0 Å². The quantitative estimate of drug-likeness (QED) is 0.452. The Kier molecular flexibility index (Phi) is 7.94. The smallest absolute Gasteiger partial charge is 0.309 e. The van der Waals surface area contributed by atoms with Crippen molar-refractivity contribution in [2.45, 2.75) is 32.1 Å². The number of thiophene rings is 1. The number of methoxy groups -OCH3 is 1. The lowest BCUT2D eigenvalue weighted by Crippen LogP contribution is -2.44. The van der Waals surface area contributed by atoms with Crippen molar-refractivity contribution in [3.8, 4) is 17.6 Å². The predicted octanol–water partition coefficient (Wildman–Crippen LogP) is 4.91. The van der Waals surface area contributed by atoms with Gasteiger partial charge in [0.1, 0.15) is 5.75 Å². The first-order valence-electron chi connectivity index (χ1n) is 12.0. The van der Waals surface area contributed by atoms with E-state index in [1.807, 2.05) is 56.0 Å². The summed E-state index contributed by atoms with van der Waals surface area (Å²) in [6.45, 7) is 2.22. The van der Waals surface area contributed by atoms with E-state index >= 15 is 0 Å². The molecule has 4 rings (SSSR count). The molecule has 1 saturated heterocycles. The molecular formula is C28H33N3O3S. The number of likely N-dealkylation sites (tertiary alicyclic amines) is 1. The maximum absolute atomic E-state index is 12.4. The van der Waals surface area contributed by atoms with Gasteiger partial charge in [-0.25, -0.2) is 0 Å². The zero-order valence-corrected chi connectivity index (χ0v) is 21.5. The summed E-state index contributed by atoms with van der Waals surface area (Å²) in [6, 6.07) is 9.96. The number of carboxylic acid groups (broad SMARTS) is 1. The third-order valence-corrected chi connectivity index (χ3v) is 7.82. The van der Waals surface area contributed by atoms with Crippen molar-refractivity contribution in [3.05, 3.63) is 52.3 Å². The molecule has 1 fully saturated rings. The molecule has 35 heavy (non-hydrogen) atoms. The number of aromatic nitrogens is 1. The molecule has 0 unspecified atom stereocenters. The average molecular weight is 492 g/mol. The maximum Gasteiger partial charge on any atom is 0.309 e. The van der Waals surface area contributed by atoms with Crippen LogP contribution in [0, 0.1) is 17.3 Å². The number of carbonyl (C=O) groups is 1. The van der Waals surface area contributed by atoms with E-state index in [0.29, 0.717) is 25.8 Å². The SMILES string of the molecule is COc1ccc2ncc(N(C)C)c(CCCC3(C(=O)O)CCN(CC#Cc4cccs4)CC3)c2c1. The molecule has 0 saturated carbocycles. The summed E-state index contributed by atoms with van der Waals surface area (Å²) in [5, 5.41) is 13.3. The number of fused-ring (bicyclic) bond motifs is 1. The molecule has 0 atom stereocenters. The van der Waals surface area contributed by atoms with E-state index in [9.17, 15) is 9.90 Å². The van der Waals surface area contributed by atoms with E-state index in [1.54, 1.807) is 18.4 Å². The minimum atomic E-state index is -0.670. The van der Waals surface area contributed by atoms with Gasteiger partial charge >= 0.3 is 5.97 Å². The van der Waals surface area contributed by atoms with Gasteiger partial charge in [-0.3, -0.25) is 14.7 Å². The molecule has 0 spiro atoms. The number of ether oxygens (including phenoxy) is 1. The number of anilines is 1. The van der Waals surface area contributed by atoms with Crippen LogP contribution in [-0.2, 0) is 11.2 Å². The average Bonchev–Trinajstić information content (AvgIpc) is 3.38. The van der Waals surface area contributed by atoms with E-state index in [0.717, 1.165) is 53.1 Å². The van der Waals surface area contributed by atoms with Crippen LogP contribution in [0.25, 0.3) is 10.9 Å². The molecule has 0 aliphatic carbocycles. The van der Waals surface area contributed by atoms with Crippen LogP contribution in [0.15, 0.2) is 41.9 Å². The summed E-state index contributed by atoms with van der Waals surface area (Å²) >= 11 is 1.64. The maximum atomic E-state index is 12.4. The van der Waals surface area contributed by atoms with Gasteiger partial charge in [0, 0.05) is 32.6 Å². The fraction of sp³-hybridized carbons (Fsp3) is 0.429. The second-order valence-electron chi connectivity index (χ2n) is 9.39. The van der Waals surface area contributed by atoms with Gasteiger partial charge in [-0.05, 0) is 67.3 Å². The summed E-state index contributed by atoms with van der Waals surface area (Å²) in [4.78, 5) is 22.4. The van der Waals surface area contributed by atoms with Crippen molar-refractivity contribution in [1.29, 1.82) is 0 Å². The van der Waals surface area contributed by atoms with Gasteiger partial charge in [0.15, 0.2) is 0 Å². The highest BCUT2D eigenvalue weighted by molar-refractivity contribution is 7.10. The Hall–Kier alpha value is -3.08. The molecule has 6 nitrogen and oxygen atoms in total. The molecule has 1 aromatic carbocycles. The molecule has 1 aliphatic rings. The van der Waals surface area contributed by atoms with Crippen molar-refractivity contribution in [2.75, 3.05) is 45.7 Å². The molecule has 184 valence electrons. The van der Waals surface area contributed by atoms with Crippen molar-refractivity contribution < 1.29 is 14.6 Å². The number of carboxylic acids is 1. The van der Waals surface area contributed by atoms with Crippen molar-refractivity contribution in [1.82, 2.24) is 9.88 Å².